The van der Waals surface area contributed by atoms with E-state index in [0.717, 1.165) is 12.0 Å². The Morgan fingerprint density at radius 2 is 2.30 bits per heavy atom. The van der Waals surface area contributed by atoms with E-state index in [1.165, 1.54) is 0 Å². The normalized spacial score (nSPS) is 18.8. The van der Waals surface area contributed by atoms with Crippen molar-refractivity contribution in [1.82, 2.24) is 0 Å². The summed E-state index contributed by atoms with van der Waals surface area (Å²) in [6, 6.07) is 7.28. The molecule has 0 aromatic heterocycles. The van der Waals surface area contributed by atoms with Crippen LogP contribution in [0, 0.1) is 24.2 Å². The van der Waals surface area contributed by atoms with Crippen LogP contribution in [0.1, 0.15) is 24.8 Å². The predicted octanol–water partition coefficient (Wildman–Crippen LogP) is 2.87. The predicted molar refractivity (Wildman–Crippen MR) is 76.5 cm³/mol. The highest BCUT2D eigenvalue weighted by Crippen LogP contribution is 2.31. The molecule has 1 heterocycles. The van der Waals surface area contributed by atoms with Crippen molar-refractivity contribution in [2.75, 3.05) is 11.4 Å². The van der Waals surface area contributed by atoms with Crippen molar-refractivity contribution in [2.24, 2.45) is 5.92 Å². The molecule has 0 saturated carbocycles. The van der Waals surface area contributed by atoms with Gasteiger partial charge in [0.05, 0.1) is 29.1 Å². The Morgan fingerprint density at radius 3 is 3.00 bits per heavy atom. The molecule has 104 valence electrons. The molecule has 0 spiro atoms. The van der Waals surface area contributed by atoms with Gasteiger partial charge in [-0.05, 0) is 37.5 Å². The summed E-state index contributed by atoms with van der Waals surface area (Å²) < 4.78 is 0. The third kappa shape index (κ3) is 2.83. The summed E-state index contributed by atoms with van der Waals surface area (Å²) in [5, 5.41) is 9.10. The number of nitriles is 1. The summed E-state index contributed by atoms with van der Waals surface area (Å²) in [6.07, 6.45) is 1.03. The van der Waals surface area contributed by atoms with E-state index in [4.69, 9.17) is 16.9 Å². The molecule has 1 aromatic carbocycles. The summed E-state index contributed by atoms with van der Waals surface area (Å²) in [7, 11) is 0. The number of piperidine rings is 1. The molecule has 1 aromatic rings. The van der Waals surface area contributed by atoms with Crippen LogP contribution in [0.3, 0.4) is 0 Å². The number of halogens is 1. The molecule has 4 nitrogen and oxygen atoms in total. The first-order valence-electron chi connectivity index (χ1n) is 6.52. The van der Waals surface area contributed by atoms with Gasteiger partial charge in [-0.25, -0.2) is 0 Å². The first-order chi connectivity index (χ1) is 9.54. The number of carbonyl (C=O) groups excluding carboxylic acids is 2. The van der Waals surface area contributed by atoms with Gasteiger partial charge in [0.15, 0.2) is 5.78 Å². The number of hydrogen-bond donors (Lipinski definition) is 0. The Balaban J connectivity index is 2.29. The van der Waals surface area contributed by atoms with Gasteiger partial charge in [-0.3, -0.25) is 9.59 Å². The zero-order valence-electron chi connectivity index (χ0n) is 11.2. The van der Waals surface area contributed by atoms with Gasteiger partial charge in [0.2, 0.25) is 5.91 Å². The quantitative estimate of drug-likeness (QED) is 0.804. The van der Waals surface area contributed by atoms with E-state index in [2.05, 4.69) is 0 Å². The number of Topliss-reactive ketones (excluding diaryl/α,β-unsaturated/α-hetero) is 1. The number of anilines is 1. The lowest BCUT2D eigenvalue weighted by molar-refractivity contribution is -0.133. The lowest BCUT2D eigenvalue weighted by Crippen LogP contribution is -2.44. The summed E-state index contributed by atoms with van der Waals surface area (Å²) in [6.45, 7) is 2.48. The number of benzene rings is 1. The second kappa shape index (κ2) is 6.06. The molecule has 1 saturated heterocycles. The topological polar surface area (TPSA) is 61.2 Å². The minimum Gasteiger partial charge on any atom is -0.310 e. The minimum absolute atomic E-state index is 0.216. The Bertz CT molecular complexity index is 592. The van der Waals surface area contributed by atoms with Crippen molar-refractivity contribution in [3.8, 4) is 6.07 Å². The van der Waals surface area contributed by atoms with Gasteiger partial charge >= 0.3 is 0 Å². The highest BCUT2D eigenvalue weighted by molar-refractivity contribution is 6.34. The summed E-state index contributed by atoms with van der Waals surface area (Å²) in [4.78, 5) is 25.8. The number of ketones is 1. The second-order valence-corrected chi connectivity index (χ2v) is 5.35. The van der Waals surface area contributed by atoms with Crippen LogP contribution in [0.25, 0.3) is 0 Å². The van der Waals surface area contributed by atoms with Crippen LogP contribution in [0.4, 0.5) is 5.69 Å². The smallest absolute Gasteiger partial charge is 0.237 e. The highest BCUT2D eigenvalue weighted by Gasteiger charge is 2.34. The lowest BCUT2D eigenvalue weighted by atomic mass is 9.91. The highest BCUT2D eigenvalue weighted by atomic mass is 35.5. The Morgan fingerprint density at radius 1 is 1.55 bits per heavy atom. The molecule has 0 unspecified atom stereocenters. The fraction of sp³-hybridized carbons (Fsp3) is 0.400. The zero-order valence-corrected chi connectivity index (χ0v) is 12.0. The van der Waals surface area contributed by atoms with Crippen LogP contribution >= 0.6 is 11.6 Å². The fourth-order valence-electron chi connectivity index (χ4n) is 2.44. The van der Waals surface area contributed by atoms with Crippen molar-refractivity contribution in [2.45, 2.75) is 26.2 Å². The SMILES string of the molecule is Cc1ccc(Cl)c(N2CCC[C@H](C(=O)CC#N)C2=O)c1. The molecule has 0 radical (unpaired) electrons. The monoisotopic (exact) mass is 290 g/mol. The third-order valence-electron chi connectivity index (χ3n) is 3.47. The Kier molecular flexibility index (Phi) is 4.41. The molecule has 5 heteroatoms. The van der Waals surface area contributed by atoms with E-state index in [-0.39, 0.29) is 18.1 Å². The van der Waals surface area contributed by atoms with Gasteiger partial charge in [0.1, 0.15) is 0 Å². The molecular weight excluding hydrogens is 276 g/mol. The van der Waals surface area contributed by atoms with Crippen molar-refractivity contribution < 1.29 is 9.59 Å². The van der Waals surface area contributed by atoms with Gasteiger partial charge < -0.3 is 4.90 Å². The molecule has 2 rings (SSSR count). The van der Waals surface area contributed by atoms with Gasteiger partial charge in [0.25, 0.3) is 0 Å². The van der Waals surface area contributed by atoms with E-state index in [1.807, 2.05) is 25.1 Å². The van der Waals surface area contributed by atoms with Crippen molar-refractivity contribution in [1.29, 1.82) is 5.26 Å². The molecule has 1 aliphatic heterocycles. The molecule has 1 fully saturated rings. The van der Waals surface area contributed by atoms with Crippen molar-refractivity contribution >= 4 is 29.0 Å². The van der Waals surface area contributed by atoms with Crippen LogP contribution in [-0.4, -0.2) is 18.2 Å². The second-order valence-electron chi connectivity index (χ2n) is 4.94. The van der Waals surface area contributed by atoms with Gasteiger partial charge in [-0.1, -0.05) is 17.7 Å². The van der Waals surface area contributed by atoms with Gasteiger partial charge in [0, 0.05) is 6.54 Å². The molecule has 1 aliphatic rings. The number of nitrogens with zero attached hydrogens (tertiary/aromatic N) is 2. The number of rotatable bonds is 3. The van der Waals surface area contributed by atoms with Gasteiger partial charge in [-0.2, -0.15) is 5.26 Å². The van der Waals surface area contributed by atoms with Crippen LogP contribution in [0.15, 0.2) is 18.2 Å². The van der Waals surface area contributed by atoms with Crippen LogP contribution < -0.4 is 4.90 Å². The largest absolute Gasteiger partial charge is 0.310 e. The maximum atomic E-state index is 12.4. The number of aryl methyl sites for hydroxylation is 1. The van der Waals surface area contributed by atoms with E-state index in [1.54, 1.807) is 11.0 Å². The maximum absolute atomic E-state index is 12.4. The Hall–Kier alpha value is -1.86. The van der Waals surface area contributed by atoms with Gasteiger partial charge in [-0.15, -0.1) is 0 Å². The molecular formula is C15H15ClN2O2. The molecule has 0 aliphatic carbocycles. The van der Waals surface area contributed by atoms with Crippen molar-refractivity contribution in [3.63, 3.8) is 0 Å². The zero-order chi connectivity index (χ0) is 14.7. The number of carbonyl (C=O) groups is 2. The van der Waals surface area contributed by atoms with Crippen LogP contribution in [0.5, 0.6) is 0 Å². The maximum Gasteiger partial charge on any atom is 0.237 e. The summed E-state index contributed by atoms with van der Waals surface area (Å²) >= 11 is 6.15. The third-order valence-corrected chi connectivity index (χ3v) is 3.79. The minimum atomic E-state index is -0.708. The average Bonchev–Trinajstić information content (AvgIpc) is 2.42. The molecule has 0 N–H and O–H groups in total. The van der Waals surface area contributed by atoms with E-state index < -0.39 is 5.92 Å². The fourth-order valence-corrected chi connectivity index (χ4v) is 2.66. The average molecular weight is 291 g/mol. The van der Waals surface area contributed by atoms with Crippen LogP contribution in [0.2, 0.25) is 5.02 Å². The summed E-state index contributed by atoms with van der Waals surface area (Å²) in [5.74, 6) is -1.25. The first kappa shape index (κ1) is 14.5. The van der Waals surface area contributed by atoms with Crippen molar-refractivity contribution in [3.05, 3.63) is 28.8 Å². The molecule has 0 bridgehead atoms. The molecule has 1 amide bonds. The van der Waals surface area contributed by atoms with Crippen LogP contribution in [-0.2, 0) is 9.59 Å². The van der Waals surface area contributed by atoms with E-state index in [0.29, 0.717) is 23.7 Å². The number of amides is 1. The standard InChI is InChI=1S/C15H15ClN2O2/c1-10-4-5-12(16)13(9-10)18-8-2-3-11(15(18)20)14(19)6-7-17/h4-5,9,11H,2-3,6,8H2,1H3/t11-/m1/s1. The Labute approximate surface area is 122 Å². The molecule has 1 atom stereocenters. The lowest BCUT2D eigenvalue weighted by Gasteiger charge is -2.32. The first-order valence-corrected chi connectivity index (χ1v) is 6.89. The van der Waals surface area contributed by atoms with E-state index in [9.17, 15) is 9.59 Å². The number of hydrogen-bond acceptors (Lipinski definition) is 3. The van der Waals surface area contributed by atoms with E-state index >= 15 is 0 Å². The molecule has 20 heavy (non-hydrogen) atoms. The summed E-state index contributed by atoms with van der Waals surface area (Å²) in [5.41, 5.74) is 1.65.